The number of aryl methyl sites for hydroxylation is 2. The molecule has 0 saturated carbocycles. The highest BCUT2D eigenvalue weighted by Crippen LogP contribution is 2.28. The van der Waals surface area contributed by atoms with Crippen LogP contribution in [0.5, 0.6) is 0 Å². The first-order chi connectivity index (χ1) is 8.56. The smallest absolute Gasteiger partial charge is 0.227 e. The monoisotopic (exact) mass is 280 g/mol. The number of carbonyl (C=O) groups is 1. The zero-order valence-electron chi connectivity index (χ0n) is 10.0. The Bertz CT molecular complexity index is 565. The summed E-state index contributed by atoms with van der Waals surface area (Å²) in [5.41, 5.74) is 6.84. The Hall–Kier alpha value is -1.47. The average molecular weight is 280 g/mol. The van der Waals surface area contributed by atoms with Crippen molar-refractivity contribution in [1.29, 1.82) is 0 Å². The normalized spacial score (nSPS) is 10.6. The topological polar surface area (TPSA) is 81.8 Å². The van der Waals surface area contributed by atoms with Gasteiger partial charge in [-0.25, -0.2) is 4.98 Å². The molecule has 0 unspecified atom stereocenters. The molecule has 18 heavy (non-hydrogen) atoms. The number of amides is 1. The Labute approximate surface area is 113 Å². The second-order valence-electron chi connectivity index (χ2n) is 3.66. The first-order valence-electron chi connectivity index (χ1n) is 5.25. The number of carbonyl (C=O) groups excluding carboxylic acids is 1. The number of rotatable bonds is 4. The van der Waals surface area contributed by atoms with Crippen LogP contribution in [0.4, 0.5) is 0 Å². The molecule has 0 aliphatic carbocycles. The third-order valence-corrected chi connectivity index (χ3v) is 4.18. The Morgan fingerprint density at radius 2 is 2.17 bits per heavy atom. The minimum atomic E-state index is -0.361. The Balaban J connectivity index is 2.17. The molecular formula is C11H12N4OS2. The lowest BCUT2D eigenvalue weighted by Crippen LogP contribution is -2.13. The number of hydrogen-bond acceptors (Lipinski definition) is 6. The summed E-state index contributed by atoms with van der Waals surface area (Å²) < 4.78 is 0. The minimum absolute atomic E-state index is 0.215. The van der Waals surface area contributed by atoms with E-state index >= 15 is 0 Å². The summed E-state index contributed by atoms with van der Waals surface area (Å²) in [6, 6.07) is 3.72. The zero-order chi connectivity index (χ0) is 13.1. The first kappa shape index (κ1) is 13.0. The van der Waals surface area contributed by atoms with E-state index in [1.165, 1.54) is 11.8 Å². The Morgan fingerprint density at radius 1 is 1.39 bits per heavy atom. The van der Waals surface area contributed by atoms with Crippen molar-refractivity contribution in [2.45, 2.75) is 18.9 Å². The van der Waals surface area contributed by atoms with E-state index in [2.05, 4.69) is 15.2 Å². The molecule has 0 atom stereocenters. The summed E-state index contributed by atoms with van der Waals surface area (Å²) in [6.45, 7) is 3.92. The van der Waals surface area contributed by atoms with Gasteiger partial charge in [-0.1, -0.05) is 11.8 Å². The van der Waals surface area contributed by atoms with Gasteiger partial charge in [0.15, 0.2) is 0 Å². The number of hydrogen-bond donors (Lipinski definition) is 1. The summed E-state index contributed by atoms with van der Waals surface area (Å²) in [5.74, 6) is -0.146. The van der Waals surface area contributed by atoms with Crippen molar-refractivity contribution in [3.05, 3.63) is 22.8 Å². The lowest BCUT2D eigenvalue weighted by Gasteiger charge is -1.99. The minimum Gasteiger partial charge on any atom is -0.369 e. The predicted molar refractivity (Wildman–Crippen MR) is 72.5 cm³/mol. The van der Waals surface area contributed by atoms with Gasteiger partial charge < -0.3 is 5.73 Å². The van der Waals surface area contributed by atoms with Gasteiger partial charge in [0.2, 0.25) is 5.91 Å². The van der Waals surface area contributed by atoms with Gasteiger partial charge in [-0.05, 0) is 26.0 Å². The maximum atomic E-state index is 10.7. The van der Waals surface area contributed by atoms with Crippen LogP contribution in [0.25, 0.3) is 10.6 Å². The van der Waals surface area contributed by atoms with Crippen LogP contribution in [-0.2, 0) is 4.79 Å². The summed E-state index contributed by atoms with van der Waals surface area (Å²) in [7, 11) is 0. The fraction of sp³-hybridized carbons (Fsp3) is 0.273. The van der Waals surface area contributed by atoms with Crippen LogP contribution in [0.1, 0.15) is 10.7 Å². The fourth-order valence-corrected chi connectivity index (χ4v) is 2.87. The summed E-state index contributed by atoms with van der Waals surface area (Å²) in [6.07, 6.45) is 0. The molecule has 2 aromatic rings. The molecule has 0 spiro atoms. The summed E-state index contributed by atoms with van der Waals surface area (Å²) >= 11 is 2.88. The molecule has 0 saturated heterocycles. The van der Waals surface area contributed by atoms with Gasteiger partial charge in [-0.15, -0.1) is 21.5 Å². The number of thioether (sulfide) groups is 1. The molecule has 0 fully saturated rings. The van der Waals surface area contributed by atoms with Crippen molar-refractivity contribution in [2.24, 2.45) is 5.73 Å². The molecule has 2 rings (SSSR count). The van der Waals surface area contributed by atoms with E-state index < -0.39 is 0 Å². The third kappa shape index (κ3) is 3.05. The third-order valence-electron chi connectivity index (χ3n) is 2.14. The second kappa shape index (κ2) is 5.45. The number of aromatic nitrogens is 3. The molecule has 2 N–H and O–H groups in total. The maximum absolute atomic E-state index is 10.7. The molecular weight excluding hydrogens is 268 g/mol. The van der Waals surface area contributed by atoms with Crippen molar-refractivity contribution in [3.63, 3.8) is 0 Å². The van der Waals surface area contributed by atoms with E-state index in [1.807, 2.05) is 26.0 Å². The van der Waals surface area contributed by atoms with Crippen LogP contribution in [0, 0.1) is 13.8 Å². The van der Waals surface area contributed by atoms with Crippen molar-refractivity contribution in [1.82, 2.24) is 15.2 Å². The lowest BCUT2D eigenvalue weighted by atomic mass is 10.3. The van der Waals surface area contributed by atoms with Gasteiger partial charge in [0.25, 0.3) is 0 Å². The Morgan fingerprint density at radius 3 is 2.67 bits per heavy atom. The van der Waals surface area contributed by atoms with Crippen molar-refractivity contribution in [2.75, 3.05) is 5.75 Å². The predicted octanol–water partition coefficient (Wildman–Crippen LogP) is 1.79. The van der Waals surface area contributed by atoms with Gasteiger partial charge in [-0.3, -0.25) is 4.79 Å². The molecule has 0 aliphatic rings. The van der Waals surface area contributed by atoms with Crippen molar-refractivity contribution >= 4 is 29.0 Å². The highest BCUT2D eigenvalue weighted by atomic mass is 32.2. The molecule has 0 bridgehead atoms. The van der Waals surface area contributed by atoms with E-state index in [4.69, 9.17) is 5.73 Å². The molecule has 7 heteroatoms. The second-order valence-corrected chi connectivity index (χ2v) is 5.86. The van der Waals surface area contributed by atoms with Crippen LogP contribution in [0.15, 0.2) is 17.2 Å². The van der Waals surface area contributed by atoms with E-state index in [9.17, 15) is 4.79 Å². The molecule has 2 heterocycles. The standard InChI is InChI=1S/C11H12N4OS2/c1-6-11(18-7(2)13-6)8-3-4-10(15-14-8)17-5-9(12)16/h3-4H,5H2,1-2H3,(H2,12,16). The molecule has 0 aliphatic heterocycles. The fourth-order valence-electron chi connectivity index (χ4n) is 1.43. The number of thiazole rings is 1. The van der Waals surface area contributed by atoms with Crippen LogP contribution in [0.3, 0.4) is 0 Å². The van der Waals surface area contributed by atoms with Gasteiger partial charge in [0, 0.05) is 0 Å². The molecule has 0 aromatic carbocycles. The van der Waals surface area contributed by atoms with Crippen LogP contribution in [0.2, 0.25) is 0 Å². The lowest BCUT2D eigenvalue weighted by molar-refractivity contribution is -0.115. The number of nitrogens with zero attached hydrogens (tertiary/aromatic N) is 3. The van der Waals surface area contributed by atoms with Crippen LogP contribution in [-0.4, -0.2) is 26.8 Å². The zero-order valence-corrected chi connectivity index (χ0v) is 11.6. The first-order valence-corrected chi connectivity index (χ1v) is 7.05. The van der Waals surface area contributed by atoms with E-state index in [-0.39, 0.29) is 11.7 Å². The van der Waals surface area contributed by atoms with Crippen molar-refractivity contribution in [3.8, 4) is 10.6 Å². The highest BCUT2D eigenvalue weighted by molar-refractivity contribution is 7.99. The van der Waals surface area contributed by atoms with Gasteiger partial charge in [-0.2, -0.15) is 0 Å². The van der Waals surface area contributed by atoms with Crippen LogP contribution >= 0.6 is 23.1 Å². The SMILES string of the molecule is Cc1nc(C)c(-c2ccc(SCC(N)=O)nn2)s1. The van der Waals surface area contributed by atoms with Gasteiger partial charge in [0.05, 0.1) is 21.3 Å². The number of nitrogens with two attached hydrogens (primary N) is 1. The summed E-state index contributed by atoms with van der Waals surface area (Å²) in [5, 5.41) is 9.91. The summed E-state index contributed by atoms with van der Waals surface area (Å²) in [4.78, 5) is 16.0. The highest BCUT2D eigenvalue weighted by Gasteiger charge is 2.09. The number of primary amides is 1. The molecule has 2 aromatic heterocycles. The van der Waals surface area contributed by atoms with E-state index in [0.29, 0.717) is 5.03 Å². The average Bonchev–Trinajstić information content (AvgIpc) is 2.66. The van der Waals surface area contributed by atoms with E-state index in [0.717, 1.165) is 21.3 Å². The molecule has 5 nitrogen and oxygen atoms in total. The van der Waals surface area contributed by atoms with Crippen molar-refractivity contribution < 1.29 is 4.79 Å². The Kier molecular flexibility index (Phi) is 3.93. The van der Waals surface area contributed by atoms with Gasteiger partial charge in [0.1, 0.15) is 10.7 Å². The van der Waals surface area contributed by atoms with E-state index in [1.54, 1.807) is 11.3 Å². The molecule has 1 amide bonds. The maximum Gasteiger partial charge on any atom is 0.227 e. The van der Waals surface area contributed by atoms with Crippen LogP contribution < -0.4 is 5.73 Å². The molecule has 0 radical (unpaired) electrons. The van der Waals surface area contributed by atoms with Gasteiger partial charge >= 0.3 is 0 Å². The quantitative estimate of drug-likeness (QED) is 0.863. The largest absolute Gasteiger partial charge is 0.369 e. The molecule has 94 valence electrons.